The molecule has 1 fully saturated rings. The van der Waals surface area contributed by atoms with Crippen molar-refractivity contribution in [2.45, 2.75) is 17.5 Å². The van der Waals surface area contributed by atoms with E-state index in [-0.39, 0.29) is 11.9 Å². The molecule has 1 aliphatic heterocycles. The van der Waals surface area contributed by atoms with Gasteiger partial charge in [0.2, 0.25) is 0 Å². The van der Waals surface area contributed by atoms with Gasteiger partial charge in [0.1, 0.15) is 12.3 Å². The smallest absolute Gasteiger partial charge is 0.136 e. The van der Waals surface area contributed by atoms with Gasteiger partial charge in [-0.25, -0.2) is 4.39 Å². The maximum absolute atomic E-state index is 12.4. The van der Waals surface area contributed by atoms with Crippen LogP contribution in [0.15, 0.2) is 0 Å². The zero-order valence-electron chi connectivity index (χ0n) is 4.83. The highest BCUT2D eigenvalue weighted by Gasteiger charge is 2.34. The number of rotatable bonds is 1. The van der Waals surface area contributed by atoms with Crippen LogP contribution in [0.2, 0.25) is 0 Å². The number of aliphatic hydroxyl groups is 2. The van der Waals surface area contributed by atoms with Gasteiger partial charge in [-0.2, -0.15) is 11.8 Å². The summed E-state index contributed by atoms with van der Waals surface area (Å²) in [6.45, 7) is -0.133. The van der Waals surface area contributed by atoms with Gasteiger partial charge in [-0.1, -0.05) is 0 Å². The Morgan fingerprint density at radius 3 is 2.56 bits per heavy atom. The van der Waals surface area contributed by atoms with Crippen molar-refractivity contribution in [3.05, 3.63) is 0 Å². The van der Waals surface area contributed by atoms with E-state index >= 15 is 0 Å². The molecule has 0 aromatic rings. The van der Waals surface area contributed by atoms with E-state index in [1.807, 2.05) is 0 Å². The number of hydrogen-bond donors (Lipinski definition) is 2. The predicted octanol–water partition coefficient (Wildman–Crippen LogP) is -0.207. The zero-order valence-corrected chi connectivity index (χ0v) is 5.64. The first-order chi connectivity index (χ1) is 4.25. The fourth-order valence-corrected chi connectivity index (χ4v) is 1.91. The molecule has 54 valence electrons. The largest absolute Gasteiger partial charge is 0.395 e. The van der Waals surface area contributed by atoms with Crippen LogP contribution in [0.4, 0.5) is 4.39 Å². The standard InChI is InChI=1S/C5H9FO2S/c6-3-2-9-4(1-7)5(3)8/h3-5,7-8H,1-2H2/t3-,4+,5-/m0/s1. The number of hydrogen-bond acceptors (Lipinski definition) is 3. The average molecular weight is 152 g/mol. The minimum Gasteiger partial charge on any atom is -0.395 e. The molecule has 2 N–H and O–H groups in total. The Bertz CT molecular complexity index is 101. The van der Waals surface area contributed by atoms with E-state index in [2.05, 4.69) is 0 Å². The minimum absolute atomic E-state index is 0.133. The van der Waals surface area contributed by atoms with E-state index in [0.717, 1.165) is 0 Å². The first-order valence-corrected chi connectivity index (χ1v) is 3.85. The van der Waals surface area contributed by atoms with Crippen LogP contribution in [0, 0.1) is 0 Å². The number of alkyl halides is 1. The van der Waals surface area contributed by atoms with Crippen LogP contribution in [-0.4, -0.2) is 40.1 Å². The number of aliphatic hydroxyl groups excluding tert-OH is 2. The van der Waals surface area contributed by atoms with Crippen molar-refractivity contribution in [1.29, 1.82) is 0 Å². The summed E-state index contributed by atoms with van der Waals surface area (Å²) in [6, 6.07) is 0. The molecule has 0 bridgehead atoms. The lowest BCUT2D eigenvalue weighted by Gasteiger charge is -2.09. The Labute approximate surface area is 57.1 Å². The molecule has 9 heavy (non-hydrogen) atoms. The van der Waals surface area contributed by atoms with Crippen molar-refractivity contribution in [3.63, 3.8) is 0 Å². The van der Waals surface area contributed by atoms with Gasteiger partial charge in [0, 0.05) is 5.75 Å². The molecule has 0 radical (unpaired) electrons. The molecule has 0 amide bonds. The van der Waals surface area contributed by atoms with Crippen LogP contribution in [0.5, 0.6) is 0 Å². The first-order valence-electron chi connectivity index (χ1n) is 2.80. The van der Waals surface area contributed by atoms with Crippen molar-refractivity contribution in [2.24, 2.45) is 0 Å². The Kier molecular flexibility index (Phi) is 2.32. The third-order valence-electron chi connectivity index (χ3n) is 1.40. The molecular weight excluding hydrogens is 143 g/mol. The van der Waals surface area contributed by atoms with E-state index in [9.17, 15) is 4.39 Å². The Balaban J connectivity index is 2.41. The van der Waals surface area contributed by atoms with Gasteiger partial charge in [-0.05, 0) is 0 Å². The molecule has 0 aromatic heterocycles. The van der Waals surface area contributed by atoms with Crippen LogP contribution in [0.25, 0.3) is 0 Å². The second kappa shape index (κ2) is 2.86. The summed E-state index contributed by atoms with van der Waals surface area (Å²) in [7, 11) is 0. The maximum Gasteiger partial charge on any atom is 0.136 e. The molecule has 1 rings (SSSR count). The monoisotopic (exact) mass is 152 g/mol. The topological polar surface area (TPSA) is 40.5 Å². The van der Waals surface area contributed by atoms with Gasteiger partial charge in [0.25, 0.3) is 0 Å². The summed E-state index contributed by atoms with van der Waals surface area (Å²) in [6.07, 6.45) is -2.10. The summed E-state index contributed by atoms with van der Waals surface area (Å²) in [5.41, 5.74) is 0. The molecule has 1 aliphatic rings. The minimum atomic E-state index is -1.15. The normalized spacial score (nSPS) is 43.7. The predicted molar refractivity (Wildman–Crippen MR) is 34.2 cm³/mol. The summed E-state index contributed by atoms with van der Waals surface area (Å²) in [4.78, 5) is 0. The van der Waals surface area contributed by atoms with Gasteiger partial charge >= 0.3 is 0 Å². The molecule has 3 atom stereocenters. The average Bonchev–Trinajstić information content (AvgIpc) is 2.15. The van der Waals surface area contributed by atoms with E-state index in [1.165, 1.54) is 11.8 Å². The second-order valence-electron chi connectivity index (χ2n) is 2.06. The van der Waals surface area contributed by atoms with Gasteiger partial charge in [-0.3, -0.25) is 0 Å². The molecule has 1 heterocycles. The highest BCUT2D eigenvalue weighted by Crippen LogP contribution is 2.28. The van der Waals surface area contributed by atoms with Gasteiger partial charge < -0.3 is 10.2 Å². The van der Waals surface area contributed by atoms with Crippen LogP contribution in [0.1, 0.15) is 0 Å². The Hall–Kier alpha value is 0.200. The fourth-order valence-electron chi connectivity index (χ4n) is 0.806. The molecule has 0 saturated carbocycles. The Morgan fingerprint density at radius 1 is 1.67 bits per heavy atom. The van der Waals surface area contributed by atoms with Crippen LogP contribution < -0.4 is 0 Å². The summed E-state index contributed by atoms with van der Waals surface area (Å²) in [5, 5.41) is 17.1. The second-order valence-corrected chi connectivity index (χ2v) is 3.33. The van der Waals surface area contributed by atoms with Crippen LogP contribution in [0.3, 0.4) is 0 Å². The SMILES string of the molecule is OC[C@H]1SC[C@H](F)[C@@H]1O. The van der Waals surface area contributed by atoms with E-state index in [4.69, 9.17) is 10.2 Å². The van der Waals surface area contributed by atoms with Crippen LogP contribution in [-0.2, 0) is 0 Å². The third kappa shape index (κ3) is 1.36. The molecular formula is C5H9FO2S. The third-order valence-corrected chi connectivity index (χ3v) is 2.77. The van der Waals surface area contributed by atoms with E-state index in [0.29, 0.717) is 5.75 Å². The first kappa shape index (κ1) is 7.31. The Morgan fingerprint density at radius 2 is 2.33 bits per heavy atom. The maximum atomic E-state index is 12.4. The molecule has 0 unspecified atom stereocenters. The number of halogens is 1. The highest BCUT2D eigenvalue weighted by molar-refractivity contribution is 8.00. The fraction of sp³-hybridized carbons (Fsp3) is 1.00. The quantitative estimate of drug-likeness (QED) is 0.546. The lowest BCUT2D eigenvalue weighted by molar-refractivity contribution is 0.0816. The summed E-state index contributed by atoms with van der Waals surface area (Å²) in [5.74, 6) is 0.312. The molecule has 4 heteroatoms. The van der Waals surface area contributed by atoms with E-state index < -0.39 is 12.3 Å². The van der Waals surface area contributed by atoms with E-state index in [1.54, 1.807) is 0 Å². The molecule has 2 nitrogen and oxygen atoms in total. The van der Waals surface area contributed by atoms with Gasteiger partial charge in [0.15, 0.2) is 0 Å². The zero-order chi connectivity index (χ0) is 6.85. The van der Waals surface area contributed by atoms with Gasteiger partial charge in [-0.15, -0.1) is 0 Å². The molecule has 0 aliphatic carbocycles. The van der Waals surface area contributed by atoms with Crippen molar-refractivity contribution in [1.82, 2.24) is 0 Å². The van der Waals surface area contributed by atoms with Crippen LogP contribution >= 0.6 is 11.8 Å². The lowest BCUT2D eigenvalue weighted by atomic mass is 10.2. The molecule has 1 saturated heterocycles. The van der Waals surface area contributed by atoms with Crippen molar-refractivity contribution in [3.8, 4) is 0 Å². The van der Waals surface area contributed by atoms with Crippen molar-refractivity contribution >= 4 is 11.8 Å². The highest BCUT2D eigenvalue weighted by atomic mass is 32.2. The molecule has 0 spiro atoms. The van der Waals surface area contributed by atoms with Crippen molar-refractivity contribution in [2.75, 3.05) is 12.4 Å². The molecule has 0 aromatic carbocycles. The van der Waals surface area contributed by atoms with Gasteiger partial charge in [0.05, 0.1) is 11.9 Å². The summed E-state index contributed by atoms with van der Waals surface area (Å²) < 4.78 is 12.4. The van der Waals surface area contributed by atoms with Crippen molar-refractivity contribution < 1.29 is 14.6 Å². The summed E-state index contributed by atoms with van der Waals surface area (Å²) >= 11 is 1.28. The lowest BCUT2D eigenvalue weighted by Crippen LogP contribution is -2.28. The number of thioether (sulfide) groups is 1.